The SMILES string of the molecule is C=C/C=C\C(=C/C)C(CCN1CC2N(C(=O)CN(C)N2C(=O)NCc2ccccc2)[C@@H](CCC)C1=O)c1ccccc1. The van der Waals surface area contributed by atoms with Gasteiger partial charge in [0.05, 0.1) is 13.1 Å². The second-order valence-electron chi connectivity index (χ2n) is 10.8. The van der Waals surface area contributed by atoms with E-state index in [4.69, 9.17) is 0 Å². The number of nitrogens with zero attached hydrogens (tertiary/aromatic N) is 4. The molecule has 1 N–H and O–H groups in total. The van der Waals surface area contributed by atoms with Gasteiger partial charge in [-0.15, -0.1) is 0 Å². The Morgan fingerprint density at radius 1 is 1.10 bits per heavy atom. The molecule has 3 atom stereocenters. The minimum absolute atomic E-state index is 0.0408. The molecule has 2 aliphatic rings. The maximum atomic E-state index is 13.9. The molecule has 0 bridgehead atoms. The zero-order valence-corrected chi connectivity index (χ0v) is 25.0. The molecule has 0 spiro atoms. The van der Waals surface area contributed by atoms with Crippen LogP contribution in [-0.2, 0) is 16.1 Å². The van der Waals surface area contributed by atoms with Crippen LogP contribution in [0.3, 0.4) is 0 Å². The molecule has 4 amide bonds. The lowest BCUT2D eigenvalue weighted by atomic mass is 9.87. The Hall–Kier alpha value is -4.17. The highest BCUT2D eigenvalue weighted by Gasteiger charge is 2.50. The molecule has 8 heteroatoms. The number of allylic oxidation sites excluding steroid dienone is 5. The summed E-state index contributed by atoms with van der Waals surface area (Å²) in [6.07, 6.45) is 9.27. The Labute approximate surface area is 249 Å². The monoisotopic (exact) mass is 569 g/mol. The average Bonchev–Trinajstić information content (AvgIpc) is 3.00. The summed E-state index contributed by atoms with van der Waals surface area (Å²) in [5.41, 5.74) is 3.30. The summed E-state index contributed by atoms with van der Waals surface area (Å²) in [6, 6.07) is 19.1. The van der Waals surface area contributed by atoms with E-state index >= 15 is 0 Å². The molecule has 42 heavy (non-hydrogen) atoms. The Bertz CT molecular complexity index is 1290. The third-order valence-electron chi connectivity index (χ3n) is 8.05. The molecule has 222 valence electrons. The van der Waals surface area contributed by atoms with Crippen molar-refractivity contribution in [3.63, 3.8) is 0 Å². The summed E-state index contributed by atoms with van der Waals surface area (Å²) < 4.78 is 0. The Kier molecular flexibility index (Phi) is 10.7. The van der Waals surface area contributed by atoms with Crippen LogP contribution in [-0.4, -0.2) is 76.6 Å². The fraction of sp³-hybridized carbons (Fsp3) is 0.382. The fourth-order valence-corrected chi connectivity index (χ4v) is 6.00. The van der Waals surface area contributed by atoms with Gasteiger partial charge < -0.3 is 15.1 Å². The number of hydrazine groups is 1. The molecule has 0 radical (unpaired) electrons. The maximum Gasteiger partial charge on any atom is 0.334 e. The van der Waals surface area contributed by atoms with Gasteiger partial charge in [-0.1, -0.05) is 105 Å². The van der Waals surface area contributed by atoms with E-state index in [1.807, 2.05) is 73.4 Å². The first-order chi connectivity index (χ1) is 20.4. The average molecular weight is 570 g/mol. The number of hydrogen-bond donors (Lipinski definition) is 1. The van der Waals surface area contributed by atoms with E-state index in [9.17, 15) is 14.4 Å². The summed E-state index contributed by atoms with van der Waals surface area (Å²) in [5, 5.41) is 6.30. The highest BCUT2D eigenvalue weighted by molar-refractivity contribution is 5.91. The molecule has 2 aromatic rings. The minimum Gasteiger partial charge on any atom is -0.337 e. The molecule has 2 unspecified atom stereocenters. The van der Waals surface area contributed by atoms with Gasteiger partial charge in [-0.2, -0.15) is 0 Å². The zero-order valence-electron chi connectivity index (χ0n) is 25.0. The van der Waals surface area contributed by atoms with Crippen molar-refractivity contribution in [2.45, 2.75) is 57.8 Å². The lowest BCUT2D eigenvalue weighted by Crippen LogP contribution is -2.76. The van der Waals surface area contributed by atoms with E-state index in [1.54, 1.807) is 28.0 Å². The van der Waals surface area contributed by atoms with Crippen LogP contribution in [0.2, 0.25) is 0 Å². The smallest absolute Gasteiger partial charge is 0.334 e. The normalized spacial score (nSPS) is 20.5. The van der Waals surface area contributed by atoms with Crippen molar-refractivity contribution in [3.8, 4) is 0 Å². The first-order valence-electron chi connectivity index (χ1n) is 14.8. The summed E-state index contributed by atoms with van der Waals surface area (Å²) in [7, 11) is 1.75. The van der Waals surface area contributed by atoms with Gasteiger partial charge >= 0.3 is 6.03 Å². The summed E-state index contributed by atoms with van der Waals surface area (Å²) in [4.78, 5) is 44.3. The van der Waals surface area contributed by atoms with Crippen LogP contribution in [0.4, 0.5) is 4.79 Å². The molecule has 2 saturated heterocycles. The van der Waals surface area contributed by atoms with Crippen LogP contribution in [0.25, 0.3) is 0 Å². The Morgan fingerprint density at radius 2 is 1.79 bits per heavy atom. The van der Waals surface area contributed by atoms with E-state index in [0.717, 1.165) is 17.6 Å². The maximum absolute atomic E-state index is 13.9. The molecular formula is C34H43N5O3. The van der Waals surface area contributed by atoms with Crippen molar-refractivity contribution >= 4 is 17.8 Å². The topological polar surface area (TPSA) is 76.2 Å². The number of carbonyl (C=O) groups is 3. The van der Waals surface area contributed by atoms with E-state index in [1.165, 1.54) is 5.56 Å². The zero-order chi connectivity index (χ0) is 30.1. The van der Waals surface area contributed by atoms with Crippen molar-refractivity contribution in [2.24, 2.45) is 0 Å². The third kappa shape index (κ3) is 6.99. The van der Waals surface area contributed by atoms with Crippen molar-refractivity contribution in [2.75, 3.05) is 26.7 Å². The number of amides is 4. The molecule has 2 fully saturated rings. The van der Waals surface area contributed by atoms with Crippen LogP contribution in [0.5, 0.6) is 0 Å². The minimum atomic E-state index is -0.601. The van der Waals surface area contributed by atoms with Crippen LogP contribution >= 0.6 is 0 Å². The lowest BCUT2D eigenvalue weighted by molar-refractivity contribution is -0.187. The number of benzene rings is 2. The van der Waals surface area contributed by atoms with Crippen LogP contribution in [0.1, 0.15) is 50.2 Å². The quantitative estimate of drug-likeness (QED) is 0.383. The summed E-state index contributed by atoms with van der Waals surface area (Å²) in [5.74, 6) is -0.108. The standard InChI is InChI=1S/C34H43N5O3/c1-5-8-18-27(7-3)29(28-19-13-10-14-20-28)21-22-37-24-31-38(30(15-6-2)33(37)41)32(40)25-36(4)39(31)34(42)35-23-26-16-11-9-12-17-26/h5,7-14,16-20,29-31H,1,6,15,21-25H2,2-4H3,(H,35,42)/b18-8-,27-7+/t29?,30-,31?/m0/s1. The highest BCUT2D eigenvalue weighted by atomic mass is 16.2. The number of urea groups is 1. The second kappa shape index (κ2) is 14.6. The van der Waals surface area contributed by atoms with Crippen LogP contribution < -0.4 is 5.32 Å². The first kappa shape index (κ1) is 30.8. The molecule has 0 saturated carbocycles. The first-order valence-corrected chi connectivity index (χ1v) is 14.8. The van der Waals surface area contributed by atoms with Gasteiger partial charge in [0.25, 0.3) is 0 Å². The largest absolute Gasteiger partial charge is 0.337 e. The number of fused-ring (bicyclic) bond motifs is 1. The van der Waals surface area contributed by atoms with Gasteiger partial charge in [-0.25, -0.2) is 14.8 Å². The van der Waals surface area contributed by atoms with Crippen LogP contribution in [0, 0.1) is 0 Å². The number of likely N-dealkylation sites (N-methyl/N-ethyl adjacent to an activating group) is 1. The fourth-order valence-electron chi connectivity index (χ4n) is 6.00. The van der Waals surface area contributed by atoms with Crippen molar-refractivity contribution < 1.29 is 14.4 Å². The van der Waals surface area contributed by atoms with Gasteiger partial charge in [-0.05, 0) is 36.5 Å². The predicted octanol–water partition coefficient (Wildman–Crippen LogP) is 5.09. The van der Waals surface area contributed by atoms with Gasteiger partial charge in [0.1, 0.15) is 12.2 Å². The van der Waals surface area contributed by atoms with E-state index < -0.39 is 12.2 Å². The van der Waals surface area contributed by atoms with Gasteiger partial charge in [0.15, 0.2) is 0 Å². The van der Waals surface area contributed by atoms with E-state index in [-0.39, 0.29) is 36.9 Å². The highest BCUT2D eigenvalue weighted by Crippen LogP contribution is 2.32. The molecule has 8 nitrogen and oxygen atoms in total. The van der Waals surface area contributed by atoms with E-state index in [0.29, 0.717) is 25.9 Å². The van der Waals surface area contributed by atoms with Crippen molar-refractivity contribution in [1.82, 2.24) is 25.1 Å². The molecule has 2 aliphatic heterocycles. The van der Waals surface area contributed by atoms with Gasteiger partial charge in [0, 0.05) is 26.1 Å². The third-order valence-corrected chi connectivity index (χ3v) is 8.05. The van der Waals surface area contributed by atoms with Crippen molar-refractivity contribution in [1.29, 1.82) is 0 Å². The Morgan fingerprint density at radius 3 is 2.43 bits per heavy atom. The Balaban J connectivity index is 1.59. The molecule has 2 aromatic carbocycles. The summed E-state index contributed by atoms with van der Waals surface area (Å²) in [6.45, 7) is 9.02. The van der Waals surface area contributed by atoms with Crippen LogP contribution in [0.15, 0.2) is 97.1 Å². The lowest BCUT2D eigenvalue weighted by Gasteiger charge is -2.54. The molecule has 2 heterocycles. The number of carbonyl (C=O) groups excluding carboxylic acids is 3. The second-order valence-corrected chi connectivity index (χ2v) is 10.8. The molecular weight excluding hydrogens is 526 g/mol. The molecule has 0 aliphatic carbocycles. The predicted molar refractivity (Wildman–Crippen MR) is 166 cm³/mol. The number of hydrogen-bond acceptors (Lipinski definition) is 4. The van der Waals surface area contributed by atoms with Crippen molar-refractivity contribution in [3.05, 3.63) is 108 Å². The number of piperazine rings is 1. The van der Waals surface area contributed by atoms with Gasteiger partial charge in [0.2, 0.25) is 11.8 Å². The molecule has 0 aromatic heterocycles. The van der Waals surface area contributed by atoms with Gasteiger partial charge in [-0.3, -0.25) is 9.59 Å². The van der Waals surface area contributed by atoms with E-state index in [2.05, 4.69) is 36.2 Å². The summed E-state index contributed by atoms with van der Waals surface area (Å²) >= 11 is 0. The number of nitrogens with one attached hydrogen (secondary N) is 1. The number of rotatable bonds is 11. The molecule has 4 rings (SSSR count).